The lowest BCUT2D eigenvalue weighted by atomic mass is 9.87. The predicted octanol–water partition coefficient (Wildman–Crippen LogP) is -0.568. The number of aliphatic imine (C=N–C) groups is 1. The monoisotopic (exact) mass is 333 g/mol. The molecule has 0 bridgehead atoms. The van der Waals surface area contributed by atoms with Gasteiger partial charge in [-0.3, -0.25) is 5.01 Å². The van der Waals surface area contributed by atoms with Gasteiger partial charge < -0.3 is 25.1 Å². The number of fused-ring (bicyclic) bond motifs is 2. The molecule has 4 rings (SSSR count). The molecule has 0 aromatic rings. The molecule has 24 heavy (non-hydrogen) atoms. The largest absolute Gasteiger partial charge is 0.394 e. The minimum atomic E-state index is -1.33. The van der Waals surface area contributed by atoms with Gasteiger partial charge in [0.1, 0.15) is 36.8 Å². The molecular formula is C15H19N5O4. The SMILES string of the molecule is CC1(C)O[C@H]2[C@@H](O1)[C@](C#N)(C1CC=C3C(N)=NC=NN31)O[C@@H]2CO. The zero-order valence-corrected chi connectivity index (χ0v) is 13.4. The average molecular weight is 333 g/mol. The summed E-state index contributed by atoms with van der Waals surface area (Å²) in [6.07, 6.45) is 1.94. The van der Waals surface area contributed by atoms with Crippen LogP contribution in [0.3, 0.4) is 0 Å². The minimum absolute atomic E-state index is 0.260. The fourth-order valence-corrected chi connectivity index (χ4v) is 3.87. The van der Waals surface area contributed by atoms with Crippen LogP contribution in [0.5, 0.6) is 0 Å². The molecule has 0 aromatic carbocycles. The summed E-state index contributed by atoms with van der Waals surface area (Å²) in [5, 5.41) is 25.6. The number of aliphatic hydroxyl groups excluding tert-OH is 1. The van der Waals surface area contributed by atoms with Gasteiger partial charge in [-0.2, -0.15) is 10.4 Å². The zero-order valence-electron chi connectivity index (χ0n) is 13.4. The van der Waals surface area contributed by atoms with E-state index >= 15 is 0 Å². The fourth-order valence-electron chi connectivity index (χ4n) is 3.87. The molecule has 0 saturated carbocycles. The molecule has 5 atom stereocenters. The van der Waals surface area contributed by atoms with Crippen LogP contribution >= 0.6 is 0 Å². The molecule has 128 valence electrons. The van der Waals surface area contributed by atoms with Crippen molar-refractivity contribution in [1.82, 2.24) is 5.01 Å². The first-order valence-corrected chi connectivity index (χ1v) is 7.83. The van der Waals surface area contributed by atoms with E-state index in [0.717, 1.165) is 0 Å². The van der Waals surface area contributed by atoms with Crippen molar-refractivity contribution in [3.05, 3.63) is 11.8 Å². The second-order valence-electron chi connectivity index (χ2n) is 6.70. The summed E-state index contributed by atoms with van der Waals surface area (Å²) < 4.78 is 17.8. The maximum absolute atomic E-state index is 10.0. The highest BCUT2D eigenvalue weighted by Crippen LogP contribution is 2.48. The van der Waals surface area contributed by atoms with E-state index in [1.54, 1.807) is 18.9 Å². The molecule has 0 spiro atoms. The summed E-state index contributed by atoms with van der Waals surface area (Å²) in [7, 11) is 0. The van der Waals surface area contributed by atoms with Crippen molar-refractivity contribution in [2.75, 3.05) is 6.61 Å². The van der Waals surface area contributed by atoms with Gasteiger partial charge in [-0.15, -0.1) is 0 Å². The first kappa shape index (κ1) is 15.5. The van der Waals surface area contributed by atoms with E-state index in [4.69, 9.17) is 19.9 Å². The normalized spacial score (nSPS) is 42.3. The summed E-state index contributed by atoms with van der Waals surface area (Å²) in [6.45, 7) is 3.30. The molecule has 4 aliphatic rings. The highest BCUT2D eigenvalue weighted by atomic mass is 16.8. The number of amidine groups is 1. The number of nitriles is 1. The lowest BCUT2D eigenvalue weighted by molar-refractivity contribution is -0.209. The summed E-state index contributed by atoms with van der Waals surface area (Å²) in [6, 6.07) is 1.83. The molecule has 0 radical (unpaired) electrons. The fraction of sp³-hybridized carbons (Fsp3) is 0.667. The van der Waals surface area contributed by atoms with Crippen LogP contribution in [0.4, 0.5) is 0 Å². The Bertz CT molecular complexity index is 696. The van der Waals surface area contributed by atoms with E-state index in [9.17, 15) is 10.4 Å². The van der Waals surface area contributed by atoms with Crippen molar-refractivity contribution < 1.29 is 19.3 Å². The van der Waals surface area contributed by atoms with Gasteiger partial charge in [0.25, 0.3) is 0 Å². The second-order valence-corrected chi connectivity index (χ2v) is 6.70. The molecule has 4 heterocycles. The minimum Gasteiger partial charge on any atom is -0.394 e. The Morgan fingerprint density at radius 2 is 2.25 bits per heavy atom. The Kier molecular flexibility index (Phi) is 3.24. The molecule has 3 N–H and O–H groups in total. The number of ether oxygens (including phenoxy) is 3. The van der Waals surface area contributed by atoms with E-state index in [0.29, 0.717) is 18.0 Å². The van der Waals surface area contributed by atoms with Gasteiger partial charge in [0.15, 0.2) is 11.6 Å². The van der Waals surface area contributed by atoms with Crippen LogP contribution in [0, 0.1) is 11.3 Å². The van der Waals surface area contributed by atoms with Gasteiger partial charge in [-0.05, 0) is 20.3 Å². The Morgan fingerprint density at radius 3 is 2.96 bits per heavy atom. The topological polar surface area (TPSA) is 126 Å². The van der Waals surface area contributed by atoms with Crippen molar-refractivity contribution in [2.24, 2.45) is 15.8 Å². The maximum Gasteiger partial charge on any atom is 0.205 e. The van der Waals surface area contributed by atoms with Crippen LogP contribution in [0.25, 0.3) is 0 Å². The number of hydrogen-bond acceptors (Lipinski definition) is 9. The third-order valence-corrected chi connectivity index (χ3v) is 4.83. The van der Waals surface area contributed by atoms with E-state index < -0.39 is 35.7 Å². The first-order valence-electron chi connectivity index (χ1n) is 7.83. The Labute approximate surface area is 139 Å². The van der Waals surface area contributed by atoms with Crippen LogP contribution < -0.4 is 5.73 Å². The van der Waals surface area contributed by atoms with Crippen molar-refractivity contribution in [2.45, 2.75) is 56.0 Å². The van der Waals surface area contributed by atoms with Crippen molar-refractivity contribution in [3.8, 4) is 6.07 Å². The van der Waals surface area contributed by atoms with E-state index in [2.05, 4.69) is 16.2 Å². The van der Waals surface area contributed by atoms with Gasteiger partial charge in [0, 0.05) is 0 Å². The number of hydrogen-bond donors (Lipinski definition) is 2. The number of hydrazone groups is 1. The number of aliphatic hydroxyl groups is 1. The Morgan fingerprint density at radius 1 is 1.46 bits per heavy atom. The summed E-state index contributed by atoms with van der Waals surface area (Å²) in [5.74, 6) is -0.507. The molecule has 0 amide bonds. The second kappa shape index (κ2) is 5.00. The summed E-state index contributed by atoms with van der Waals surface area (Å²) in [4.78, 5) is 3.98. The van der Waals surface area contributed by atoms with E-state index in [1.165, 1.54) is 6.34 Å². The number of rotatable bonds is 2. The molecular weight excluding hydrogens is 314 g/mol. The third kappa shape index (κ3) is 1.94. The number of nitrogens with zero attached hydrogens (tertiary/aromatic N) is 4. The molecule has 9 nitrogen and oxygen atoms in total. The Balaban J connectivity index is 1.72. The van der Waals surface area contributed by atoms with Crippen LogP contribution in [0.2, 0.25) is 0 Å². The quantitative estimate of drug-likeness (QED) is 0.693. The maximum atomic E-state index is 10.0. The lowest BCUT2D eigenvalue weighted by Gasteiger charge is -2.38. The van der Waals surface area contributed by atoms with Crippen molar-refractivity contribution in [3.63, 3.8) is 0 Å². The molecule has 2 fully saturated rings. The van der Waals surface area contributed by atoms with Gasteiger partial charge in [0.2, 0.25) is 5.60 Å². The van der Waals surface area contributed by atoms with E-state index in [1.807, 2.05) is 6.08 Å². The molecule has 2 saturated heterocycles. The standard InChI is InChI=1S/C15H19N5O4/c1-14(2)23-11-9(5-21)22-15(6-16,12(11)24-14)10-4-3-8-13(17)18-7-19-20(8)10/h3,7,9-12,21H,4-5H2,1-2H3,(H2,17,18,19)/t9-,10?,11-,12-,15+/m1/s1. The van der Waals surface area contributed by atoms with Crippen molar-refractivity contribution >= 4 is 12.2 Å². The van der Waals surface area contributed by atoms with Gasteiger partial charge in [0.05, 0.1) is 12.3 Å². The average Bonchev–Trinajstić information content (AvgIpc) is 3.18. The third-order valence-electron chi connectivity index (χ3n) is 4.83. The lowest BCUT2D eigenvalue weighted by Crippen LogP contribution is -2.56. The smallest absolute Gasteiger partial charge is 0.205 e. The van der Waals surface area contributed by atoms with E-state index in [-0.39, 0.29) is 6.61 Å². The van der Waals surface area contributed by atoms with Crippen LogP contribution in [-0.2, 0) is 14.2 Å². The molecule has 0 aliphatic carbocycles. The van der Waals surface area contributed by atoms with Crippen LogP contribution in [0.15, 0.2) is 21.9 Å². The van der Waals surface area contributed by atoms with Gasteiger partial charge in [-0.25, -0.2) is 4.99 Å². The van der Waals surface area contributed by atoms with Gasteiger partial charge in [-0.1, -0.05) is 6.08 Å². The number of nitrogens with two attached hydrogens (primary N) is 1. The molecule has 1 unspecified atom stereocenters. The Hall–Kier alpha value is -1.99. The van der Waals surface area contributed by atoms with Crippen LogP contribution in [0.1, 0.15) is 20.3 Å². The molecule has 9 heteroatoms. The van der Waals surface area contributed by atoms with Crippen LogP contribution in [-0.4, -0.2) is 64.6 Å². The van der Waals surface area contributed by atoms with Gasteiger partial charge >= 0.3 is 0 Å². The highest BCUT2D eigenvalue weighted by Gasteiger charge is 2.67. The predicted molar refractivity (Wildman–Crippen MR) is 82.6 cm³/mol. The zero-order chi connectivity index (χ0) is 17.1. The molecule has 0 aromatic heterocycles. The summed E-state index contributed by atoms with van der Waals surface area (Å²) >= 11 is 0. The van der Waals surface area contributed by atoms with Crippen molar-refractivity contribution in [1.29, 1.82) is 5.26 Å². The summed E-state index contributed by atoms with van der Waals surface area (Å²) in [5.41, 5.74) is 5.22. The first-order chi connectivity index (χ1) is 11.4. The highest BCUT2D eigenvalue weighted by molar-refractivity contribution is 6.02. The molecule has 4 aliphatic heterocycles.